The quantitative estimate of drug-likeness (QED) is 0.829. The Balaban J connectivity index is 2.37. The van der Waals surface area contributed by atoms with Crippen LogP contribution in [0.1, 0.15) is 11.1 Å². The van der Waals surface area contributed by atoms with Gasteiger partial charge in [0.15, 0.2) is 0 Å². The standard InChI is InChI=1S/C15H15N3O2/c1-20-14-8-9-15(19)18(17-14)11-13-6-3-2-5-12(13)7-4-10-16/h2-3,5-6,8-9H,10-11,16H2,1H3. The second-order valence-corrected chi connectivity index (χ2v) is 4.03. The first-order chi connectivity index (χ1) is 9.74. The first kappa shape index (κ1) is 13.8. The number of hydrogen-bond acceptors (Lipinski definition) is 4. The van der Waals surface area contributed by atoms with Crippen LogP contribution in [0.5, 0.6) is 5.88 Å². The molecule has 0 aliphatic carbocycles. The average Bonchev–Trinajstić information content (AvgIpc) is 2.48. The fourth-order valence-corrected chi connectivity index (χ4v) is 1.74. The van der Waals surface area contributed by atoms with E-state index in [1.54, 1.807) is 6.07 Å². The minimum absolute atomic E-state index is 0.188. The first-order valence-electron chi connectivity index (χ1n) is 6.13. The summed E-state index contributed by atoms with van der Waals surface area (Å²) in [4.78, 5) is 11.8. The van der Waals surface area contributed by atoms with Crippen LogP contribution >= 0.6 is 0 Å². The lowest BCUT2D eigenvalue weighted by molar-refractivity contribution is 0.379. The zero-order valence-electron chi connectivity index (χ0n) is 11.2. The Labute approximate surface area is 117 Å². The molecule has 2 rings (SSSR count). The van der Waals surface area contributed by atoms with E-state index in [0.29, 0.717) is 19.0 Å². The Morgan fingerprint density at radius 3 is 2.85 bits per heavy atom. The van der Waals surface area contributed by atoms with E-state index in [0.717, 1.165) is 11.1 Å². The van der Waals surface area contributed by atoms with Gasteiger partial charge in [-0.25, -0.2) is 4.68 Å². The highest BCUT2D eigenvalue weighted by Gasteiger charge is 2.04. The molecule has 0 atom stereocenters. The van der Waals surface area contributed by atoms with Crippen molar-refractivity contribution >= 4 is 0 Å². The summed E-state index contributed by atoms with van der Waals surface area (Å²) in [6, 6.07) is 10.6. The summed E-state index contributed by atoms with van der Waals surface area (Å²) in [5, 5.41) is 4.12. The number of rotatable bonds is 3. The third kappa shape index (κ3) is 3.25. The highest BCUT2D eigenvalue weighted by atomic mass is 16.5. The minimum Gasteiger partial charge on any atom is -0.480 e. The predicted octanol–water partition coefficient (Wildman–Crippen LogP) is 0.610. The summed E-state index contributed by atoms with van der Waals surface area (Å²) in [5.74, 6) is 6.20. The van der Waals surface area contributed by atoms with E-state index in [-0.39, 0.29) is 5.56 Å². The van der Waals surface area contributed by atoms with Gasteiger partial charge < -0.3 is 10.5 Å². The van der Waals surface area contributed by atoms with Crippen molar-refractivity contribution in [1.82, 2.24) is 9.78 Å². The highest BCUT2D eigenvalue weighted by Crippen LogP contribution is 2.09. The predicted molar refractivity (Wildman–Crippen MR) is 76.5 cm³/mol. The van der Waals surface area contributed by atoms with Gasteiger partial charge in [0, 0.05) is 17.7 Å². The van der Waals surface area contributed by atoms with E-state index in [4.69, 9.17) is 10.5 Å². The summed E-state index contributed by atoms with van der Waals surface area (Å²) in [5.41, 5.74) is 6.95. The fourth-order valence-electron chi connectivity index (χ4n) is 1.74. The molecule has 0 saturated carbocycles. The Bertz CT molecular complexity index is 711. The van der Waals surface area contributed by atoms with Crippen molar-refractivity contribution in [2.24, 2.45) is 5.73 Å². The summed E-state index contributed by atoms with van der Waals surface area (Å²) in [7, 11) is 1.51. The average molecular weight is 269 g/mol. The Hall–Kier alpha value is -2.58. The topological polar surface area (TPSA) is 70.1 Å². The van der Waals surface area contributed by atoms with Crippen LogP contribution in [-0.2, 0) is 6.54 Å². The van der Waals surface area contributed by atoms with Crippen LogP contribution in [0.2, 0.25) is 0 Å². The van der Waals surface area contributed by atoms with Crippen LogP contribution in [-0.4, -0.2) is 23.4 Å². The molecule has 0 saturated heterocycles. The molecule has 0 fully saturated rings. The van der Waals surface area contributed by atoms with Gasteiger partial charge in [-0.3, -0.25) is 4.79 Å². The Kier molecular flexibility index (Phi) is 4.53. The summed E-state index contributed by atoms with van der Waals surface area (Å²) in [6.07, 6.45) is 0. The summed E-state index contributed by atoms with van der Waals surface area (Å²) < 4.78 is 6.38. The van der Waals surface area contributed by atoms with Crippen molar-refractivity contribution in [2.45, 2.75) is 6.54 Å². The van der Waals surface area contributed by atoms with Crippen LogP contribution < -0.4 is 16.0 Å². The van der Waals surface area contributed by atoms with Gasteiger partial charge in [0.25, 0.3) is 5.56 Å². The maximum Gasteiger partial charge on any atom is 0.267 e. The monoisotopic (exact) mass is 269 g/mol. The van der Waals surface area contributed by atoms with Crippen molar-refractivity contribution in [2.75, 3.05) is 13.7 Å². The SMILES string of the molecule is COc1ccc(=O)n(Cc2ccccc2C#CCN)n1. The summed E-state index contributed by atoms with van der Waals surface area (Å²) >= 11 is 0. The molecule has 1 aromatic heterocycles. The fraction of sp³-hybridized carbons (Fsp3) is 0.200. The lowest BCUT2D eigenvalue weighted by Crippen LogP contribution is -2.23. The molecule has 2 N–H and O–H groups in total. The molecule has 0 radical (unpaired) electrons. The number of hydrogen-bond donors (Lipinski definition) is 1. The molecule has 0 amide bonds. The van der Waals surface area contributed by atoms with Gasteiger partial charge in [-0.2, -0.15) is 0 Å². The van der Waals surface area contributed by atoms with Gasteiger partial charge in [-0.1, -0.05) is 30.0 Å². The first-order valence-corrected chi connectivity index (χ1v) is 6.13. The number of nitrogens with two attached hydrogens (primary N) is 1. The number of ether oxygens (including phenoxy) is 1. The van der Waals surface area contributed by atoms with Crippen LogP contribution in [0, 0.1) is 11.8 Å². The molecule has 20 heavy (non-hydrogen) atoms. The van der Waals surface area contributed by atoms with Crippen molar-refractivity contribution in [1.29, 1.82) is 0 Å². The second-order valence-electron chi connectivity index (χ2n) is 4.03. The molecule has 1 heterocycles. The van der Waals surface area contributed by atoms with Gasteiger partial charge in [0.05, 0.1) is 20.2 Å². The number of methoxy groups -OCH3 is 1. The van der Waals surface area contributed by atoms with Gasteiger partial charge in [-0.15, -0.1) is 5.10 Å². The molecule has 5 heteroatoms. The number of aromatic nitrogens is 2. The maximum atomic E-state index is 11.8. The van der Waals surface area contributed by atoms with Crippen molar-refractivity contribution in [3.63, 3.8) is 0 Å². The minimum atomic E-state index is -0.188. The van der Waals surface area contributed by atoms with Crippen LogP contribution in [0.15, 0.2) is 41.2 Å². The number of benzene rings is 1. The van der Waals surface area contributed by atoms with E-state index >= 15 is 0 Å². The molecule has 0 aliphatic rings. The van der Waals surface area contributed by atoms with Crippen molar-refractivity contribution in [3.05, 3.63) is 57.9 Å². The molecule has 0 unspecified atom stereocenters. The van der Waals surface area contributed by atoms with E-state index in [9.17, 15) is 4.79 Å². The molecule has 0 aliphatic heterocycles. The van der Waals surface area contributed by atoms with Gasteiger partial charge >= 0.3 is 0 Å². The molecule has 5 nitrogen and oxygen atoms in total. The number of nitrogens with zero attached hydrogens (tertiary/aromatic N) is 2. The maximum absolute atomic E-state index is 11.8. The largest absolute Gasteiger partial charge is 0.480 e. The smallest absolute Gasteiger partial charge is 0.267 e. The Morgan fingerprint density at radius 2 is 2.10 bits per heavy atom. The van der Waals surface area contributed by atoms with E-state index in [1.165, 1.54) is 17.9 Å². The van der Waals surface area contributed by atoms with Gasteiger partial charge in [0.1, 0.15) is 0 Å². The van der Waals surface area contributed by atoms with Gasteiger partial charge in [0.2, 0.25) is 5.88 Å². The molecule has 2 aromatic rings. The van der Waals surface area contributed by atoms with Crippen LogP contribution in [0.4, 0.5) is 0 Å². The zero-order valence-corrected chi connectivity index (χ0v) is 11.2. The Morgan fingerprint density at radius 1 is 1.30 bits per heavy atom. The van der Waals surface area contributed by atoms with E-state index < -0.39 is 0 Å². The molecule has 0 bridgehead atoms. The normalized spacial score (nSPS) is 9.70. The molecule has 1 aromatic carbocycles. The van der Waals surface area contributed by atoms with Crippen molar-refractivity contribution in [3.8, 4) is 17.7 Å². The lowest BCUT2D eigenvalue weighted by atomic mass is 10.1. The third-order valence-electron chi connectivity index (χ3n) is 2.71. The highest BCUT2D eigenvalue weighted by molar-refractivity contribution is 5.41. The molecule has 102 valence electrons. The molecular weight excluding hydrogens is 254 g/mol. The zero-order chi connectivity index (χ0) is 14.4. The molecule has 0 spiro atoms. The van der Waals surface area contributed by atoms with E-state index in [1.807, 2.05) is 24.3 Å². The van der Waals surface area contributed by atoms with Crippen molar-refractivity contribution < 1.29 is 4.74 Å². The van der Waals surface area contributed by atoms with Gasteiger partial charge in [-0.05, 0) is 11.6 Å². The lowest BCUT2D eigenvalue weighted by Gasteiger charge is -2.08. The van der Waals surface area contributed by atoms with Crippen LogP contribution in [0.3, 0.4) is 0 Å². The van der Waals surface area contributed by atoms with Crippen LogP contribution in [0.25, 0.3) is 0 Å². The third-order valence-corrected chi connectivity index (χ3v) is 2.71. The van der Waals surface area contributed by atoms with E-state index in [2.05, 4.69) is 16.9 Å². The second kappa shape index (κ2) is 6.55. The molecular formula is C15H15N3O2. The summed E-state index contributed by atoms with van der Waals surface area (Å²) in [6.45, 7) is 0.636.